The van der Waals surface area contributed by atoms with E-state index in [0.717, 1.165) is 10.9 Å². The lowest BCUT2D eigenvalue weighted by Crippen LogP contribution is -2.23. The summed E-state index contributed by atoms with van der Waals surface area (Å²) in [6.07, 6.45) is 2.99. The van der Waals surface area contributed by atoms with E-state index < -0.39 is 5.91 Å². The Labute approximate surface area is 202 Å². The van der Waals surface area contributed by atoms with Gasteiger partial charge in [0.2, 0.25) is 0 Å². The second-order valence-corrected chi connectivity index (χ2v) is 7.47. The van der Waals surface area contributed by atoms with Gasteiger partial charge in [0.15, 0.2) is 29.7 Å². The molecule has 0 aliphatic heterocycles. The first-order chi connectivity index (χ1) is 17.0. The van der Waals surface area contributed by atoms with Crippen LogP contribution in [0.25, 0.3) is 16.7 Å². The van der Waals surface area contributed by atoms with E-state index in [1.54, 1.807) is 37.5 Å². The van der Waals surface area contributed by atoms with Crippen molar-refractivity contribution in [3.05, 3.63) is 78.5 Å². The number of amides is 1. The molecule has 0 spiro atoms. The summed E-state index contributed by atoms with van der Waals surface area (Å²) >= 11 is 0. The van der Waals surface area contributed by atoms with Gasteiger partial charge in [-0.05, 0) is 36.8 Å². The van der Waals surface area contributed by atoms with E-state index in [0.29, 0.717) is 35.2 Å². The average molecular weight is 470 g/mol. The number of methoxy groups -OCH3 is 1. The molecule has 176 valence electrons. The second kappa shape index (κ2) is 10.4. The number of nitrogens with one attached hydrogen (secondary N) is 1. The number of carbonyl (C=O) groups is 1. The molecule has 2 aromatic heterocycles. The summed E-state index contributed by atoms with van der Waals surface area (Å²) in [5.41, 5.74) is 1.78. The fourth-order valence-electron chi connectivity index (χ4n) is 3.52. The molecule has 0 unspecified atom stereocenters. The number of carbonyl (C=O) groups excluding carboxylic acids is 1. The zero-order valence-electron chi connectivity index (χ0n) is 19.3. The smallest absolute Gasteiger partial charge is 0.263 e. The number of anilines is 1. The molecule has 1 amide bonds. The predicted octanol–water partition coefficient (Wildman–Crippen LogP) is 4.19. The van der Waals surface area contributed by atoms with Crippen LogP contribution in [0, 0.1) is 18.3 Å². The molecule has 1 N–H and O–H groups in total. The van der Waals surface area contributed by atoms with Crippen molar-refractivity contribution in [2.75, 3.05) is 25.6 Å². The van der Waals surface area contributed by atoms with Crippen molar-refractivity contribution in [2.24, 2.45) is 0 Å². The number of hydrogen-bond acceptors (Lipinski definition) is 7. The number of para-hydroxylation sites is 3. The highest BCUT2D eigenvalue weighted by atomic mass is 16.5. The third kappa shape index (κ3) is 4.91. The summed E-state index contributed by atoms with van der Waals surface area (Å²) in [7, 11) is 1.58. The number of aryl methyl sites for hydroxylation is 1. The van der Waals surface area contributed by atoms with Gasteiger partial charge in [-0.3, -0.25) is 4.79 Å². The molecule has 35 heavy (non-hydrogen) atoms. The normalized spacial score (nSPS) is 10.4. The molecular formula is C26H23N5O4. The number of rotatable bonds is 9. The third-order valence-corrected chi connectivity index (χ3v) is 5.14. The van der Waals surface area contributed by atoms with E-state index in [2.05, 4.69) is 28.0 Å². The van der Waals surface area contributed by atoms with E-state index >= 15 is 0 Å². The highest BCUT2D eigenvalue weighted by molar-refractivity contribution is 5.93. The lowest BCUT2D eigenvalue weighted by atomic mass is 10.1. The molecule has 2 heterocycles. The van der Waals surface area contributed by atoms with E-state index in [9.17, 15) is 10.1 Å². The van der Waals surface area contributed by atoms with Gasteiger partial charge < -0.3 is 19.5 Å². The Bertz CT molecular complexity index is 1440. The van der Waals surface area contributed by atoms with Crippen LogP contribution in [-0.2, 0) is 4.79 Å². The molecule has 9 nitrogen and oxygen atoms in total. The van der Waals surface area contributed by atoms with Crippen molar-refractivity contribution in [2.45, 2.75) is 6.92 Å². The maximum absolute atomic E-state index is 12.8. The first kappa shape index (κ1) is 23.3. The van der Waals surface area contributed by atoms with Gasteiger partial charge in [-0.15, -0.1) is 0 Å². The maximum Gasteiger partial charge on any atom is 0.263 e. The number of benzene rings is 2. The zero-order chi connectivity index (χ0) is 24.8. The summed E-state index contributed by atoms with van der Waals surface area (Å²) in [5.74, 6) is 1.66. The number of ether oxygens (including phenoxy) is 3. The molecule has 4 aromatic rings. The number of fused-ring (bicyclic) bond motifs is 1. The van der Waals surface area contributed by atoms with Crippen molar-refractivity contribution in [3.8, 4) is 29.1 Å². The average Bonchev–Trinajstić information content (AvgIpc) is 3.28. The Hall–Kier alpha value is -4.84. The highest BCUT2D eigenvalue weighted by Gasteiger charge is 2.18. The van der Waals surface area contributed by atoms with Crippen LogP contribution in [0.15, 0.2) is 67.4 Å². The summed E-state index contributed by atoms with van der Waals surface area (Å²) < 4.78 is 18.1. The quantitative estimate of drug-likeness (QED) is 0.366. The number of nitriles is 1. The van der Waals surface area contributed by atoms with Crippen molar-refractivity contribution in [1.82, 2.24) is 14.8 Å². The molecule has 0 saturated carbocycles. The topological polar surface area (TPSA) is 111 Å². The minimum atomic E-state index is -0.475. The van der Waals surface area contributed by atoms with Crippen LogP contribution in [-0.4, -0.2) is 41.0 Å². The zero-order valence-corrected chi connectivity index (χ0v) is 19.3. The van der Waals surface area contributed by atoms with Gasteiger partial charge in [-0.25, -0.2) is 4.98 Å². The van der Waals surface area contributed by atoms with Gasteiger partial charge in [0, 0.05) is 5.39 Å². The Morgan fingerprint density at radius 3 is 2.63 bits per heavy atom. The molecule has 0 fully saturated rings. The first-order valence-electron chi connectivity index (χ1n) is 10.7. The number of aromatic nitrogens is 3. The number of hydrogen-bond donors (Lipinski definition) is 1. The maximum atomic E-state index is 12.8. The van der Waals surface area contributed by atoms with Gasteiger partial charge >= 0.3 is 0 Å². The molecule has 0 aliphatic carbocycles. The molecule has 9 heteroatoms. The van der Waals surface area contributed by atoms with Gasteiger partial charge in [0.25, 0.3) is 5.91 Å². The molecule has 4 rings (SSSR count). The van der Waals surface area contributed by atoms with E-state index in [1.807, 2.05) is 31.2 Å². The fourth-order valence-corrected chi connectivity index (χ4v) is 3.52. The number of nitrogens with zero attached hydrogens (tertiary/aromatic N) is 4. The Morgan fingerprint density at radius 2 is 1.91 bits per heavy atom. The molecule has 0 aliphatic rings. The molecular weight excluding hydrogens is 446 g/mol. The van der Waals surface area contributed by atoms with Crippen LogP contribution in [0.1, 0.15) is 11.1 Å². The fraction of sp³-hybridized carbons (Fsp3) is 0.154. The Balaban J connectivity index is 1.60. The Morgan fingerprint density at radius 1 is 1.17 bits per heavy atom. The summed E-state index contributed by atoms with van der Waals surface area (Å²) in [5, 5.41) is 17.5. The van der Waals surface area contributed by atoms with Gasteiger partial charge in [-0.2, -0.15) is 15.0 Å². The van der Waals surface area contributed by atoms with Crippen LogP contribution in [0.5, 0.6) is 17.2 Å². The highest BCUT2D eigenvalue weighted by Crippen LogP contribution is 2.29. The van der Waals surface area contributed by atoms with Gasteiger partial charge in [-0.1, -0.05) is 36.9 Å². The number of pyridine rings is 1. The van der Waals surface area contributed by atoms with Crippen LogP contribution in [0.3, 0.4) is 0 Å². The van der Waals surface area contributed by atoms with E-state index in [-0.39, 0.29) is 18.0 Å². The summed E-state index contributed by atoms with van der Waals surface area (Å²) in [6.45, 7) is 5.57. The van der Waals surface area contributed by atoms with Gasteiger partial charge in [0.1, 0.15) is 29.5 Å². The SMILES string of the molecule is C=CCOc1ccccc1OCC(=O)Nc1c(C#N)cnn1-c1cc(C)c2cccc(OC)c2n1. The van der Waals surface area contributed by atoms with E-state index in [1.165, 1.54) is 10.9 Å². The van der Waals surface area contributed by atoms with Gasteiger partial charge in [0.05, 0.1) is 13.3 Å². The second-order valence-electron chi connectivity index (χ2n) is 7.47. The minimum absolute atomic E-state index is 0.188. The van der Waals surface area contributed by atoms with Crippen LogP contribution < -0.4 is 19.5 Å². The van der Waals surface area contributed by atoms with Crippen LogP contribution in [0.4, 0.5) is 5.82 Å². The van der Waals surface area contributed by atoms with Crippen molar-refractivity contribution < 1.29 is 19.0 Å². The van der Waals surface area contributed by atoms with Crippen molar-refractivity contribution in [1.29, 1.82) is 5.26 Å². The molecule has 0 atom stereocenters. The first-order valence-corrected chi connectivity index (χ1v) is 10.7. The minimum Gasteiger partial charge on any atom is -0.494 e. The third-order valence-electron chi connectivity index (χ3n) is 5.14. The molecule has 0 radical (unpaired) electrons. The van der Waals surface area contributed by atoms with Crippen molar-refractivity contribution >= 4 is 22.6 Å². The monoisotopic (exact) mass is 469 g/mol. The lowest BCUT2D eigenvalue weighted by molar-refractivity contribution is -0.118. The standard InChI is InChI=1S/C26H23N5O4/c1-4-12-34-20-9-5-6-10-21(20)35-16-24(32)30-26-18(14-27)15-28-31(26)23-13-17(2)19-8-7-11-22(33-3)25(19)29-23/h4-11,13,15H,1,12,16H2,2-3H3,(H,30,32). The summed E-state index contributed by atoms with van der Waals surface area (Å²) in [4.78, 5) is 17.4. The van der Waals surface area contributed by atoms with Crippen LogP contribution in [0.2, 0.25) is 0 Å². The van der Waals surface area contributed by atoms with E-state index in [4.69, 9.17) is 14.2 Å². The van der Waals surface area contributed by atoms with Crippen molar-refractivity contribution in [3.63, 3.8) is 0 Å². The Kier molecular flexibility index (Phi) is 6.93. The predicted molar refractivity (Wildman–Crippen MR) is 131 cm³/mol. The summed E-state index contributed by atoms with van der Waals surface area (Å²) in [6, 6.07) is 16.6. The molecule has 2 aromatic carbocycles. The molecule has 0 bridgehead atoms. The molecule has 0 saturated heterocycles. The van der Waals surface area contributed by atoms with Crippen LogP contribution >= 0.6 is 0 Å². The lowest BCUT2D eigenvalue weighted by Gasteiger charge is -2.14. The largest absolute Gasteiger partial charge is 0.494 e.